The summed E-state index contributed by atoms with van der Waals surface area (Å²) in [6.07, 6.45) is -14.4. The first kappa shape index (κ1) is 70.7. The maximum absolute atomic E-state index is 15.5. The number of alkyl halides is 12. The zero-order valence-electron chi connectivity index (χ0n) is 52.7. The second kappa shape index (κ2) is 26.4. The van der Waals surface area contributed by atoms with Gasteiger partial charge in [-0.15, -0.1) is 23.4 Å². The third kappa shape index (κ3) is 15.4. The van der Waals surface area contributed by atoms with Gasteiger partial charge in [0, 0.05) is 22.3 Å². The SMILES string of the molecule is C=CCc1cc(C(c2ccc(O[Si](C)(C)CCC(C)(C)c3ccc(-c4nnc(-c5ccc(Oc6ccc(C(c7ccc(OC(C)(C)C)c(C=CC)c7)(C(F)(F)F)C(F)(F)F)cc6C=CC)cc5)o4)cc3)c(CC=C)c2)(C(F)(F)F)C(F)(F)F)ccc1O[Si](C)(C)C. The second-order valence-corrected chi connectivity index (χ2v) is 34.1. The van der Waals surface area contributed by atoms with Crippen LogP contribution in [0.15, 0.2) is 163 Å². The third-order valence-corrected chi connectivity index (χ3v) is 18.3. The molecule has 0 radical (unpaired) electrons. The van der Waals surface area contributed by atoms with E-state index in [9.17, 15) is 0 Å². The Morgan fingerprint density at radius 3 is 1.24 bits per heavy atom. The molecule has 0 bridgehead atoms. The lowest BCUT2D eigenvalue weighted by Crippen LogP contribution is -2.55. The van der Waals surface area contributed by atoms with Crippen molar-refractivity contribution in [1.29, 1.82) is 0 Å². The molecule has 21 heteroatoms. The van der Waals surface area contributed by atoms with Gasteiger partial charge in [-0.25, -0.2) is 0 Å². The molecule has 1 heterocycles. The van der Waals surface area contributed by atoms with Gasteiger partial charge >= 0.3 is 24.7 Å². The Morgan fingerprint density at radius 2 is 0.846 bits per heavy atom. The number of hydrogen-bond donors (Lipinski definition) is 0. The Kier molecular flexibility index (Phi) is 20.5. The van der Waals surface area contributed by atoms with E-state index in [0.29, 0.717) is 23.6 Å². The lowest BCUT2D eigenvalue weighted by Gasteiger charge is -2.39. The predicted octanol–water partition coefficient (Wildman–Crippen LogP) is 21.9. The molecule has 0 atom stereocenters. The number of nitrogens with zero attached hydrogens (tertiary/aromatic N) is 2. The predicted molar refractivity (Wildman–Crippen MR) is 339 cm³/mol. The summed E-state index contributed by atoms with van der Waals surface area (Å²) < 4.78 is 216. The largest absolute Gasteiger partial charge is 0.544 e. The number of rotatable bonds is 23. The molecule has 0 spiro atoms. The molecule has 7 nitrogen and oxygen atoms in total. The molecule has 0 aliphatic heterocycles. The summed E-state index contributed by atoms with van der Waals surface area (Å²) in [5.74, 6) is 0.957. The number of aromatic nitrogens is 2. The van der Waals surface area contributed by atoms with E-state index in [1.807, 2.05) is 70.8 Å². The van der Waals surface area contributed by atoms with Gasteiger partial charge in [0.05, 0.1) is 0 Å². The smallest absolute Gasteiger partial charge is 0.411 e. The Bertz CT molecular complexity index is 3740. The van der Waals surface area contributed by atoms with E-state index in [-0.39, 0.29) is 75.6 Å². The molecule has 91 heavy (non-hydrogen) atoms. The number of ether oxygens (including phenoxy) is 2. The van der Waals surface area contributed by atoms with Crippen molar-refractivity contribution < 1.29 is 75.4 Å². The number of halogens is 12. The molecule has 7 rings (SSSR count). The van der Waals surface area contributed by atoms with Crippen LogP contribution in [-0.4, -0.2) is 57.1 Å². The number of hydrogen-bond acceptors (Lipinski definition) is 7. The average Bonchev–Trinajstić information content (AvgIpc) is 1.10. The van der Waals surface area contributed by atoms with Gasteiger partial charge in [0.1, 0.15) is 34.3 Å². The zero-order chi connectivity index (χ0) is 67.6. The molecule has 0 N–H and O–H groups in total. The molecular weight excluding hydrogens is 1230 g/mol. The highest BCUT2D eigenvalue weighted by Gasteiger charge is 2.74. The fourth-order valence-corrected chi connectivity index (χ4v) is 13.8. The molecule has 0 aliphatic rings. The van der Waals surface area contributed by atoms with Crippen molar-refractivity contribution in [2.24, 2.45) is 0 Å². The van der Waals surface area contributed by atoms with Crippen molar-refractivity contribution in [2.75, 3.05) is 0 Å². The van der Waals surface area contributed by atoms with E-state index in [4.69, 9.17) is 22.7 Å². The molecule has 0 saturated carbocycles. The first-order valence-corrected chi connectivity index (χ1v) is 35.8. The standard InChI is InChI=1S/C70H74F12N2O5Si2/c1-15-19-47-41-52(65(67(71,72)73,68(74,75)76)53-30-36-58(87-63(5,6)7)48(42-53)20-16-2)29-35-57(47)85-56-33-25-46(26-34-56)62-84-83-61(86-62)45-23-27-51(28-24-45)64(8,9)39-40-91(13,14)89-60-38-32-55(44-50(60)22-18-4)66(69(77,78)79,70(80,81)82)54-31-37-59(88-90(10,11)12)49(43-54)21-17-3/h15-20,23-38,41-44H,3-4,21-22,39-40H2,1-2,5-14H3. The first-order chi connectivity index (χ1) is 42.1. The van der Waals surface area contributed by atoms with Crippen LogP contribution in [0.25, 0.3) is 35.1 Å². The summed E-state index contributed by atoms with van der Waals surface area (Å²) in [7, 11) is -5.10. The van der Waals surface area contributed by atoms with Crippen molar-refractivity contribution in [2.45, 2.75) is 153 Å². The lowest BCUT2D eigenvalue weighted by atomic mass is 9.72. The Hall–Kier alpha value is -7.79. The molecule has 486 valence electrons. The zero-order valence-corrected chi connectivity index (χ0v) is 54.7. The molecule has 7 aromatic rings. The van der Waals surface area contributed by atoms with Gasteiger partial charge in [-0.05, 0) is 210 Å². The Labute approximate surface area is 525 Å². The van der Waals surface area contributed by atoms with Crippen molar-refractivity contribution in [3.05, 3.63) is 209 Å². The van der Waals surface area contributed by atoms with Crippen LogP contribution in [0.5, 0.6) is 28.7 Å². The van der Waals surface area contributed by atoms with E-state index in [1.165, 1.54) is 60.7 Å². The Morgan fingerprint density at radius 1 is 0.473 bits per heavy atom. The molecule has 6 aromatic carbocycles. The molecule has 1 aromatic heterocycles. The minimum absolute atomic E-state index is 0.0244. The van der Waals surface area contributed by atoms with Crippen LogP contribution >= 0.6 is 0 Å². The van der Waals surface area contributed by atoms with E-state index in [2.05, 4.69) is 23.4 Å². The highest BCUT2D eigenvalue weighted by atomic mass is 28.4. The van der Waals surface area contributed by atoms with E-state index in [1.54, 1.807) is 46.8 Å². The second-order valence-electron chi connectivity index (χ2n) is 25.4. The lowest BCUT2D eigenvalue weighted by molar-refractivity contribution is -0.290. The summed E-state index contributed by atoms with van der Waals surface area (Å²) in [6.45, 7) is 29.1. The minimum atomic E-state index is -5.86. The summed E-state index contributed by atoms with van der Waals surface area (Å²) in [4.78, 5) is 0. The van der Waals surface area contributed by atoms with Gasteiger partial charge in [0.2, 0.25) is 39.2 Å². The normalized spacial score (nSPS) is 13.5. The summed E-state index contributed by atoms with van der Waals surface area (Å²) in [5, 5.41) is 8.46. The minimum Gasteiger partial charge on any atom is -0.544 e. The third-order valence-electron chi connectivity index (χ3n) is 15.2. The highest BCUT2D eigenvalue weighted by molar-refractivity contribution is 6.72. The molecule has 0 unspecified atom stereocenters. The summed E-state index contributed by atoms with van der Waals surface area (Å²) in [6, 6.07) is 25.6. The van der Waals surface area contributed by atoms with Crippen LogP contribution in [0.3, 0.4) is 0 Å². The van der Waals surface area contributed by atoms with Gasteiger partial charge in [-0.2, -0.15) is 52.7 Å². The van der Waals surface area contributed by atoms with Crippen LogP contribution in [0, 0.1) is 0 Å². The molecule has 0 saturated heterocycles. The van der Waals surface area contributed by atoms with Crippen molar-refractivity contribution in [3.8, 4) is 51.7 Å². The summed E-state index contributed by atoms with van der Waals surface area (Å²) >= 11 is 0. The van der Waals surface area contributed by atoms with Crippen molar-refractivity contribution in [3.63, 3.8) is 0 Å². The maximum Gasteiger partial charge on any atom is 0.411 e. The van der Waals surface area contributed by atoms with Crippen LogP contribution in [0.1, 0.15) is 105 Å². The quantitative estimate of drug-likeness (QED) is 0.0359. The van der Waals surface area contributed by atoms with Gasteiger partial charge < -0.3 is 22.7 Å². The topological polar surface area (TPSA) is 75.8 Å². The van der Waals surface area contributed by atoms with E-state index in [0.717, 1.165) is 66.2 Å². The summed E-state index contributed by atoms with van der Waals surface area (Å²) in [5.41, 5.74) is -12.1. The Balaban J connectivity index is 1.07. The maximum atomic E-state index is 15.5. The number of allylic oxidation sites excluding steroid dienone is 4. The van der Waals surface area contributed by atoms with E-state index >= 15 is 52.7 Å². The van der Waals surface area contributed by atoms with Crippen LogP contribution in [0.2, 0.25) is 38.8 Å². The van der Waals surface area contributed by atoms with Crippen molar-refractivity contribution in [1.82, 2.24) is 10.2 Å². The monoisotopic (exact) mass is 1310 g/mol. The van der Waals surface area contributed by atoms with Gasteiger partial charge in [0.15, 0.2) is 0 Å². The molecular formula is C70H74F12N2O5Si2. The molecule has 0 fully saturated rings. The highest BCUT2D eigenvalue weighted by Crippen LogP contribution is 2.59. The van der Waals surface area contributed by atoms with Gasteiger partial charge in [-0.1, -0.05) is 98.8 Å². The fraction of sp³-hybridized carbons (Fsp3) is 0.343. The molecule has 0 aliphatic carbocycles. The number of benzene rings is 6. The molecule has 0 amide bonds. The average molecular weight is 1310 g/mol. The van der Waals surface area contributed by atoms with E-state index < -0.39 is 85.4 Å². The first-order valence-electron chi connectivity index (χ1n) is 29.2. The van der Waals surface area contributed by atoms with Gasteiger partial charge in [-0.3, -0.25) is 0 Å². The van der Waals surface area contributed by atoms with Crippen LogP contribution < -0.4 is 18.3 Å². The van der Waals surface area contributed by atoms with Crippen LogP contribution in [-0.2, 0) is 29.1 Å². The van der Waals surface area contributed by atoms with Crippen LogP contribution in [0.4, 0.5) is 52.7 Å². The van der Waals surface area contributed by atoms with Gasteiger partial charge in [0.25, 0.3) is 0 Å². The fourth-order valence-electron chi connectivity index (χ4n) is 10.9. The van der Waals surface area contributed by atoms with Crippen molar-refractivity contribution >= 4 is 28.8 Å².